The van der Waals surface area contributed by atoms with Gasteiger partial charge in [0.1, 0.15) is 6.10 Å². The Morgan fingerprint density at radius 1 is 1.33 bits per heavy atom. The highest BCUT2D eigenvalue weighted by molar-refractivity contribution is 7.99. The van der Waals surface area contributed by atoms with Crippen LogP contribution in [0.15, 0.2) is 35.2 Å². The van der Waals surface area contributed by atoms with E-state index in [9.17, 15) is 4.79 Å². The van der Waals surface area contributed by atoms with E-state index in [2.05, 4.69) is 4.90 Å². The minimum atomic E-state index is -0.698. The van der Waals surface area contributed by atoms with Crippen molar-refractivity contribution in [2.45, 2.75) is 17.4 Å². The average Bonchev–Trinajstić information content (AvgIpc) is 2.51. The van der Waals surface area contributed by atoms with Gasteiger partial charge in [-0.2, -0.15) is 0 Å². The molecule has 0 radical (unpaired) electrons. The van der Waals surface area contributed by atoms with E-state index in [1.54, 1.807) is 11.8 Å². The summed E-state index contributed by atoms with van der Waals surface area (Å²) in [6.07, 6.45) is -0.0610. The Morgan fingerprint density at radius 3 is 2.71 bits per heavy atom. The smallest absolute Gasteiger partial charge is 0.404 e. The molecule has 1 aromatic rings. The van der Waals surface area contributed by atoms with E-state index in [0.29, 0.717) is 0 Å². The second-order valence-electron chi connectivity index (χ2n) is 4.93. The summed E-state index contributed by atoms with van der Waals surface area (Å²) in [6, 6.07) is 10.1. The number of primary amides is 1. The first-order chi connectivity index (χ1) is 10.2. The van der Waals surface area contributed by atoms with Crippen molar-refractivity contribution >= 4 is 17.9 Å². The first kappa shape index (κ1) is 16.1. The van der Waals surface area contributed by atoms with E-state index in [1.165, 1.54) is 4.90 Å². The van der Waals surface area contributed by atoms with Gasteiger partial charge in [0.2, 0.25) is 0 Å². The van der Waals surface area contributed by atoms with Gasteiger partial charge in [-0.15, -0.1) is 11.8 Å². The molecule has 1 amide bonds. The highest BCUT2D eigenvalue weighted by Crippen LogP contribution is 2.20. The predicted molar refractivity (Wildman–Crippen MR) is 83.5 cm³/mol. The number of morpholine rings is 1. The number of amides is 1. The number of ether oxygens (including phenoxy) is 2. The molecule has 1 saturated heterocycles. The lowest BCUT2D eigenvalue weighted by molar-refractivity contribution is 0.0299. The molecule has 1 atom stereocenters. The first-order valence-electron chi connectivity index (χ1n) is 7.18. The molecule has 1 aliphatic heterocycles. The fourth-order valence-corrected chi connectivity index (χ4v) is 3.16. The Morgan fingerprint density at radius 2 is 2.05 bits per heavy atom. The lowest BCUT2D eigenvalue weighted by atomic mass is 10.2. The maximum absolute atomic E-state index is 11.0. The maximum atomic E-state index is 11.0. The molecule has 0 saturated carbocycles. The SMILES string of the molecule is NC(=O)O[C@H](CCN1CCOCC1)CSc1ccccc1. The van der Waals surface area contributed by atoms with Crippen LogP contribution in [-0.4, -0.2) is 55.7 Å². The Hall–Kier alpha value is -1.24. The summed E-state index contributed by atoms with van der Waals surface area (Å²) in [5.41, 5.74) is 5.17. The fraction of sp³-hybridized carbons (Fsp3) is 0.533. The molecule has 0 aliphatic carbocycles. The van der Waals surface area contributed by atoms with Gasteiger partial charge in [-0.1, -0.05) is 18.2 Å². The number of hydrogen-bond acceptors (Lipinski definition) is 5. The summed E-state index contributed by atoms with van der Waals surface area (Å²) < 4.78 is 10.5. The first-order valence-corrected chi connectivity index (χ1v) is 8.16. The molecular formula is C15H22N2O3S. The highest BCUT2D eigenvalue weighted by Gasteiger charge is 2.17. The molecule has 1 heterocycles. The van der Waals surface area contributed by atoms with Crippen molar-refractivity contribution in [3.05, 3.63) is 30.3 Å². The molecule has 2 N–H and O–H groups in total. The zero-order valence-corrected chi connectivity index (χ0v) is 12.9. The monoisotopic (exact) mass is 310 g/mol. The summed E-state index contributed by atoms with van der Waals surface area (Å²) in [5.74, 6) is 0.720. The van der Waals surface area contributed by atoms with Crippen LogP contribution >= 0.6 is 11.8 Å². The van der Waals surface area contributed by atoms with Crippen LogP contribution in [0.25, 0.3) is 0 Å². The number of carbonyl (C=O) groups excluding carboxylic acids is 1. The Balaban J connectivity index is 1.77. The van der Waals surface area contributed by atoms with Gasteiger partial charge in [-0.05, 0) is 18.6 Å². The van der Waals surface area contributed by atoms with Crippen LogP contribution in [-0.2, 0) is 9.47 Å². The van der Waals surface area contributed by atoms with Crippen LogP contribution in [0.5, 0.6) is 0 Å². The molecule has 5 nitrogen and oxygen atoms in total. The third-order valence-corrected chi connectivity index (χ3v) is 4.48. The number of nitrogens with zero attached hydrogens (tertiary/aromatic N) is 1. The quantitative estimate of drug-likeness (QED) is 0.780. The normalized spacial score (nSPS) is 17.3. The predicted octanol–water partition coefficient (Wildman–Crippen LogP) is 1.96. The van der Waals surface area contributed by atoms with Crippen LogP contribution in [0.1, 0.15) is 6.42 Å². The van der Waals surface area contributed by atoms with E-state index >= 15 is 0 Å². The Kier molecular flexibility index (Phi) is 6.85. The molecule has 0 spiro atoms. The number of rotatable bonds is 7. The van der Waals surface area contributed by atoms with Crippen molar-refractivity contribution in [2.75, 3.05) is 38.6 Å². The Labute approximate surface area is 129 Å². The molecule has 0 aromatic heterocycles. The summed E-state index contributed by atoms with van der Waals surface area (Å²) in [7, 11) is 0. The van der Waals surface area contributed by atoms with Gasteiger partial charge in [-0.25, -0.2) is 4.79 Å². The highest BCUT2D eigenvalue weighted by atomic mass is 32.2. The number of nitrogens with two attached hydrogens (primary N) is 1. The second-order valence-corrected chi connectivity index (χ2v) is 6.02. The molecule has 116 valence electrons. The largest absolute Gasteiger partial charge is 0.445 e. The molecule has 1 aliphatic rings. The molecule has 21 heavy (non-hydrogen) atoms. The number of benzene rings is 1. The van der Waals surface area contributed by atoms with Crippen molar-refractivity contribution in [3.63, 3.8) is 0 Å². The zero-order chi connectivity index (χ0) is 14.9. The molecular weight excluding hydrogens is 288 g/mol. The molecule has 0 unspecified atom stereocenters. The number of carbonyl (C=O) groups is 1. The zero-order valence-electron chi connectivity index (χ0n) is 12.1. The molecule has 1 fully saturated rings. The summed E-state index contributed by atoms with van der Waals surface area (Å²) >= 11 is 1.68. The number of thioether (sulfide) groups is 1. The van der Waals surface area contributed by atoms with Crippen LogP contribution in [0.4, 0.5) is 4.79 Å². The van der Waals surface area contributed by atoms with Crippen molar-refractivity contribution < 1.29 is 14.3 Å². The summed E-state index contributed by atoms with van der Waals surface area (Å²) in [4.78, 5) is 14.5. The van der Waals surface area contributed by atoms with E-state index < -0.39 is 6.09 Å². The van der Waals surface area contributed by atoms with Gasteiger partial charge in [0.05, 0.1) is 13.2 Å². The van der Waals surface area contributed by atoms with Gasteiger partial charge < -0.3 is 15.2 Å². The van der Waals surface area contributed by atoms with Gasteiger partial charge in [-0.3, -0.25) is 4.90 Å². The summed E-state index contributed by atoms with van der Waals surface area (Å²) in [5, 5.41) is 0. The standard InChI is InChI=1S/C15H22N2O3S/c16-15(18)20-13(6-7-17-8-10-19-11-9-17)12-21-14-4-2-1-3-5-14/h1-5,13H,6-12H2,(H2,16,18)/t13-/m1/s1. The van der Waals surface area contributed by atoms with Crippen molar-refractivity contribution in [2.24, 2.45) is 5.73 Å². The van der Waals surface area contributed by atoms with Gasteiger partial charge in [0.25, 0.3) is 0 Å². The topological polar surface area (TPSA) is 64.8 Å². The minimum absolute atomic E-state index is 0.157. The second kappa shape index (κ2) is 8.92. The van der Waals surface area contributed by atoms with Crippen LogP contribution in [0.3, 0.4) is 0 Å². The molecule has 2 rings (SSSR count). The summed E-state index contributed by atoms with van der Waals surface area (Å²) in [6.45, 7) is 4.33. The van der Waals surface area contributed by atoms with E-state index in [4.69, 9.17) is 15.2 Å². The van der Waals surface area contributed by atoms with Crippen molar-refractivity contribution in [3.8, 4) is 0 Å². The average molecular weight is 310 g/mol. The van der Waals surface area contributed by atoms with E-state index in [-0.39, 0.29) is 6.10 Å². The van der Waals surface area contributed by atoms with E-state index in [0.717, 1.165) is 45.0 Å². The minimum Gasteiger partial charge on any atom is -0.445 e. The molecule has 1 aromatic carbocycles. The lowest BCUT2D eigenvalue weighted by Crippen LogP contribution is -2.39. The fourth-order valence-electron chi connectivity index (χ4n) is 2.20. The van der Waals surface area contributed by atoms with Gasteiger partial charge >= 0.3 is 6.09 Å². The Bertz CT molecular complexity index is 424. The van der Waals surface area contributed by atoms with E-state index in [1.807, 2.05) is 30.3 Å². The van der Waals surface area contributed by atoms with Crippen LogP contribution in [0.2, 0.25) is 0 Å². The number of hydrogen-bond donors (Lipinski definition) is 1. The lowest BCUT2D eigenvalue weighted by Gasteiger charge is -2.28. The third kappa shape index (κ3) is 6.37. The van der Waals surface area contributed by atoms with Crippen LogP contribution < -0.4 is 5.73 Å². The van der Waals surface area contributed by atoms with Gasteiger partial charge in [0.15, 0.2) is 0 Å². The van der Waals surface area contributed by atoms with Crippen molar-refractivity contribution in [1.82, 2.24) is 4.90 Å². The maximum Gasteiger partial charge on any atom is 0.404 e. The molecule has 6 heteroatoms. The van der Waals surface area contributed by atoms with Crippen molar-refractivity contribution in [1.29, 1.82) is 0 Å². The third-order valence-electron chi connectivity index (χ3n) is 3.33. The molecule has 0 bridgehead atoms. The van der Waals surface area contributed by atoms with Crippen LogP contribution in [0, 0.1) is 0 Å². The van der Waals surface area contributed by atoms with Gasteiger partial charge in [0, 0.05) is 30.3 Å².